The quantitative estimate of drug-likeness (QED) is 0.717. The minimum absolute atomic E-state index is 0.0265. The molecule has 2 rings (SSSR count). The van der Waals surface area contributed by atoms with Gasteiger partial charge in [-0.3, -0.25) is 4.79 Å². The molecule has 4 heteroatoms. The molecular weight excluding hydrogens is 178 g/mol. The van der Waals surface area contributed by atoms with Crippen LogP contribution in [0.2, 0.25) is 0 Å². The number of aromatic nitrogens is 1. The average molecular weight is 193 g/mol. The second-order valence-electron chi connectivity index (χ2n) is 4.02. The minimum atomic E-state index is -0.561. The summed E-state index contributed by atoms with van der Waals surface area (Å²) in [6, 6.07) is 1.98. The normalized spacial score (nSPS) is 17.9. The van der Waals surface area contributed by atoms with E-state index in [-0.39, 0.29) is 5.91 Å². The van der Waals surface area contributed by atoms with Gasteiger partial charge >= 0.3 is 0 Å². The first-order valence-corrected chi connectivity index (χ1v) is 4.78. The number of hydrogen-bond acceptors (Lipinski definition) is 2. The number of nitrogens with zero attached hydrogens (tertiary/aromatic N) is 1. The van der Waals surface area contributed by atoms with Crippen LogP contribution in [-0.2, 0) is 18.4 Å². The van der Waals surface area contributed by atoms with E-state index in [2.05, 4.69) is 5.32 Å². The fourth-order valence-electron chi connectivity index (χ4n) is 1.39. The van der Waals surface area contributed by atoms with Crippen LogP contribution in [0.15, 0.2) is 18.5 Å². The lowest BCUT2D eigenvalue weighted by atomic mass is 10.2. The van der Waals surface area contributed by atoms with Crippen LogP contribution in [0.4, 0.5) is 0 Å². The molecule has 0 unspecified atom stereocenters. The summed E-state index contributed by atoms with van der Waals surface area (Å²) in [5.74, 6) is -0.0265. The van der Waals surface area contributed by atoms with E-state index >= 15 is 0 Å². The maximum atomic E-state index is 11.5. The van der Waals surface area contributed by atoms with Gasteiger partial charge in [-0.25, -0.2) is 0 Å². The molecule has 0 aromatic carbocycles. The van der Waals surface area contributed by atoms with Gasteiger partial charge in [0.2, 0.25) is 5.91 Å². The van der Waals surface area contributed by atoms with Crippen molar-refractivity contribution in [3.63, 3.8) is 0 Å². The largest absolute Gasteiger partial charge is 0.357 e. The highest BCUT2D eigenvalue weighted by Gasteiger charge is 2.45. The molecule has 0 atom stereocenters. The Labute approximate surface area is 83.1 Å². The molecule has 1 saturated carbocycles. The highest BCUT2D eigenvalue weighted by Crippen LogP contribution is 2.32. The third-order valence-electron chi connectivity index (χ3n) is 2.59. The predicted octanol–water partition coefficient (Wildman–Crippen LogP) is 0.133. The summed E-state index contributed by atoms with van der Waals surface area (Å²) in [6.07, 6.45) is 5.56. The molecule has 0 aliphatic heterocycles. The fraction of sp³-hybridized carbons (Fsp3) is 0.500. The van der Waals surface area contributed by atoms with Crippen molar-refractivity contribution in [3.8, 4) is 0 Å². The van der Waals surface area contributed by atoms with Gasteiger partial charge < -0.3 is 15.6 Å². The molecule has 3 N–H and O–H groups in total. The number of rotatable bonds is 3. The van der Waals surface area contributed by atoms with E-state index in [0.717, 1.165) is 18.4 Å². The van der Waals surface area contributed by atoms with E-state index in [1.54, 1.807) is 0 Å². The lowest BCUT2D eigenvalue weighted by molar-refractivity contribution is -0.123. The van der Waals surface area contributed by atoms with Crippen LogP contribution < -0.4 is 11.1 Å². The van der Waals surface area contributed by atoms with E-state index in [1.165, 1.54) is 0 Å². The van der Waals surface area contributed by atoms with Crippen molar-refractivity contribution in [1.29, 1.82) is 0 Å². The smallest absolute Gasteiger partial charge is 0.240 e. The van der Waals surface area contributed by atoms with Crippen LogP contribution in [0.5, 0.6) is 0 Å². The summed E-state index contributed by atoms with van der Waals surface area (Å²) in [5.41, 5.74) is 6.28. The fourth-order valence-corrected chi connectivity index (χ4v) is 1.39. The average Bonchev–Trinajstić information content (AvgIpc) is 2.76. The van der Waals surface area contributed by atoms with Crippen LogP contribution in [0.3, 0.4) is 0 Å². The van der Waals surface area contributed by atoms with E-state index in [4.69, 9.17) is 5.73 Å². The summed E-state index contributed by atoms with van der Waals surface area (Å²) in [6.45, 7) is 0.568. The first-order valence-electron chi connectivity index (χ1n) is 4.78. The van der Waals surface area contributed by atoms with Crippen molar-refractivity contribution in [3.05, 3.63) is 24.0 Å². The van der Waals surface area contributed by atoms with Gasteiger partial charge in [0.25, 0.3) is 0 Å². The molecular formula is C10H15N3O. The maximum Gasteiger partial charge on any atom is 0.240 e. The highest BCUT2D eigenvalue weighted by molar-refractivity contribution is 5.88. The van der Waals surface area contributed by atoms with Crippen LogP contribution in [0.1, 0.15) is 18.4 Å². The summed E-state index contributed by atoms with van der Waals surface area (Å²) >= 11 is 0. The molecule has 14 heavy (non-hydrogen) atoms. The van der Waals surface area contributed by atoms with Gasteiger partial charge in [0.1, 0.15) is 0 Å². The van der Waals surface area contributed by atoms with Gasteiger partial charge in [-0.05, 0) is 24.5 Å². The number of nitrogens with two attached hydrogens (primary N) is 1. The third kappa shape index (κ3) is 1.80. The number of carbonyl (C=O) groups is 1. The zero-order chi connectivity index (χ0) is 10.2. The SMILES string of the molecule is Cn1ccc(CNC(=O)C2(N)CC2)c1. The molecule has 0 radical (unpaired) electrons. The molecule has 1 heterocycles. The molecule has 0 spiro atoms. The van der Waals surface area contributed by atoms with Gasteiger partial charge in [-0.15, -0.1) is 0 Å². The summed E-state index contributed by atoms with van der Waals surface area (Å²) in [5, 5.41) is 2.84. The zero-order valence-electron chi connectivity index (χ0n) is 8.29. The van der Waals surface area contributed by atoms with E-state index in [9.17, 15) is 4.79 Å². The Bertz CT molecular complexity index is 352. The van der Waals surface area contributed by atoms with Crippen LogP contribution in [-0.4, -0.2) is 16.0 Å². The number of aryl methyl sites for hydroxylation is 1. The molecule has 1 aromatic heterocycles. The number of amides is 1. The molecule has 1 aliphatic carbocycles. The number of nitrogens with one attached hydrogen (secondary N) is 1. The lowest BCUT2D eigenvalue weighted by Gasteiger charge is -2.08. The molecule has 76 valence electrons. The van der Waals surface area contributed by atoms with Crippen LogP contribution in [0.25, 0.3) is 0 Å². The topological polar surface area (TPSA) is 60.0 Å². The van der Waals surface area contributed by atoms with Gasteiger partial charge in [0.15, 0.2) is 0 Å². The Morgan fingerprint density at radius 3 is 2.93 bits per heavy atom. The Hall–Kier alpha value is -1.29. The van der Waals surface area contributed by atoms with Crippen molar-refractivity contribution in [2.24, 2.45) is 12.8 Å². The first kappa shape index (κ1) is 9.27. The maximum absolute atomic E-state index is 11.5. The minimum Gasteiger partial charge on any atom is -0.357 e. The Kier molecular flexibility index (Phi) is 2.07. The van der Waals surface area contributed by atoms with E-state index < -0.39 is 5.54 Å². The Balaban J connectivity index is 1.85. The van der Waals surface area contributed by atoms with Crippen molar-refractivity contribution in [2.75, 3.05) is 0 Å². The molecule has 1 fully saturated rings. The lowest BCUT2D eigenvalue weighted by Crippen LogP contribution is -2.42. The van der Waals surface area contributed by atoms with Gasteiger partial charge in [-0.1, -0.05) is 0 Å². The Morgan fingerprint density at radius 2 is 2.43 bits per heavy atom. The molecule has 1 amide bonds. The van der Waals surface area contributed by atoms with Crippen LogP contribution >= 0.6 is 0 Å². The summed E-state index contributed by atoms with van der Waals surface area (Å²) in [4.78, 5) is 11.5. The van der Waals surface area contributed by atoms with Crippen LogP contribution in [0, 0.1) is 0 Å². The number of carbonyl (C=O) groups excluding carboxylic acids is 1. The second kappa shape index (κ2) is 3.13. The van der Waals surface area contributed by atoms with Gasteiger partial charge in [0, 0.05) is 26.0 Å². The Morgan fingerprint density at radius 1 is 1.71 bits per heavy atom. The van der Waals surface area contributed by atoms with Crippen molar-refractivity contribution in [1.82, 2.24) is 9.88 Å². The monoisotopic (exact) mass is 193 g/mol. The molecule has 1 aliphatic rings. The van der Waals surface area contributed by atoms with Crippen molar-refractivity contribution < 1.29 is 4.79 Å². The number of hydrogen-bond donors (Lipinski definition) is 2. The predicted molar refractivity (Wildman–Crippen MR) is 53.4 cm³/mol. The molecule has 4 nitrogen and oxygen atoms in total. The molecule has 1 aromatic rings. The van der Waals surface area contributed by atoms with E-state index in [1.807, 2.05) is 30.1 Å². The summed E-state index contributed by atoms with van der Waals surface area (Å²) in [7, 11) is 1.95. The van der Waals surface area contributed by atoms with E-state index in [0.29, 0.717) is 6.54 Å². The highest BCUT2D eigenvalue weighted by atomic mass is 16.2. The second-order valence-corrected chi connectivity index (χ2v) is 4.02. The van der Waals surface area contributed by atoms with Crippen molar-refractivity contribution in [2.45, 2.75) is 24.9 Å². The molecule has 0 saturated heterocycles. The van der Waals surface area contributed by atoms with Crippen molar-refractivity contribution >= 4 is 5.91 Å². The van der Waals surface area contributed by atoms with Gasteiger partial charge in [-0.2, -0.15) is 0 Å². The zero-order valence-corrected chi connectivity index (χ0v) is 8.29. The molecule has 0 bridgehead atoms. The first-order chi connectivity index (χ1) is 6.60. The van der Waals surface area contributed by atoms with Gasteiger partial charge in [0.05, 0.1) is 5.54 Å². The third-order valence-corrected chi connectivity index (χ3v) is 2.59. The standard InChI is InChI=1S/C10H15N3O/c1-13-5-2-8(7-13)6-12-9(14)10(11)3-4-10/h2,5,7H,3-4,6,11H2,1H3,(H,12,14). The summed E-state index contributed by atoms with van der Waals surface area (Å²) < 4.78 is 1.96.